The molecule has 0 aromatic carbocycles. The third-order valence-corrected chi connectivity index (χ3v) is 2.95. The topological polar surface area (TPSA) is 25.8 Å². The highest BCUT2D eigenvalue weighted by Gasteiger charge is 2.41. The van der Waals surface area contributed by atoms with Gasteiger partial charge in [-0.05, 0) is 12.8 Å². The van der Waals surface area contributed by atoms with Crippen LogP contribution in [0.4, 0.5) is 13.2 Å². The van der Waals surface area contributed by atoms with Crippen molar-refractivity contribution in [3.05, 3.63) is 22.7 Å². The lowest BCUT2D eigenvalue weighted by atomic mass is 9.87. The van der Waals surface area contributed by atoms with Crippen LogP contribution in [-0.2, 0) is 12.8 Å². The van der Waals surface area contributed by atoms with Gasteiger partial charge in [0.15, 0.2) is 0 Å². The minimum atomic E-state index is -4.14. The number of rotatable bonds is 0. The fourth-order valence-corrected chi connectivity index (χ4v) is 2.03. The first-order valence-corrected chi connectivity index (χ1v) is 4.91. The molecule has 0 spiro atoms. The van der Waals surface area contributed by atoms with E-state index in [0.717, 1.165) is 0 Å². The van der Waals surface area contributed by atoms with Crippen molar-refractivity contribution in [1.82, 2.24) is 9.97 Å². The van der Waals surface area contributed by atoms with Crippen LogP contribution in [0, 0.1) is 5.92 Å². The lowest BCUT2D eigenvalue weighted by molar-refractivity contribution is -0.177. The molecule has 0 N–H and O–H groups in total. The molecule has 0 saturated carbocycles. The van der Waals surface area contributed by atoms with Crippen molar-refractivity contribution in [1.29, 1.82) is 0 Å². The fourth-order valence-electron chi connectivity index (χ4n) is 1.78. The van der Waals surface area contributed by atoms with Gasteiger partial charge in [-0.1, -0.05) is 11.6 Å². The van der Waals surface area contributed by atoms with E-state index in [1.54, 1.807) is 0 Å². The van der Waals surface area contributed by atoms with Crippen LogP contribution in [-0.4, -0.2) is 16.1 Å². The molecular formula is C9H8ClF3N2. The second-order valence-corrected chi connectivity index (χ2v) is 3.93. The molecule has 1 aromatic heterocycles. The zero-order chi connectivity index (χ0) is 11.1. The van der Waals surface area contributed by atoms with Gasteiger partial charge in [-0.2, -0.15) is 13.2 Å². The van der Waals surface area contributed by atoms with Crippen LogP contribution in [0.5, 0.6) is 0 Å². The van der Waals surface area contributed by atoms with Crippen LogP contribution in [0.1, 0.15) is 17.7 Å². The van der Waals surface area contributed by atoms with E-state index in [9.17, 15) is 13.2 Å². The van der Waals surface area contributed by atoms with Crippen LogP contribution < -0.4 is 0 Å². The van der Waals surface area contributed by atoms with Gasteiger partial charge in [0.25, 0.3) is 0 Å². The van der Waals surface area contributed by atoms with E-state index < -0.39 is 12.1 Å². The van der Waals surface area contributed by atoms with Crippen LogP contribution in [0.2, 0.25) is 5.15 Å². The van der Waals surface area contributed by atoms with Gasteiger partial charge in [0.1, 0.15) is 11.5 Å². The van der Waals surface area contributed by atoms with E-state index in [2.05, 4.69) is 9.97 Å². The Hall–Kier alpha value is -0.840. The Labute approximate surface area is 89.5 Å². The smallest absolute Gasteiger partial charge is 0.241 e. The summed E-state index contributed by atoms with van der Waals surface area (Å²) in [7, 11) is 0. The molecule has 1 heterocycles. The first-order chi connectivity index (χ1) is 6.98. The van der Waals surface area contributed by atoms with Crippen molar-refractivity contribution < 1.29 is 13.2 Å². The van der Waals surface area contributed by atoms with Gasteiger partial charge in [-0.25, -0.2) is 9.97 Å². The molecule has 82 valence electrons. The molecule has 0 radical (unpaired) electrons. The van der Waals surface area contributed by atoms with Gasteiger partial charge in [0, 0.05) is 17.7 Å². The van der Waals surface area contributed by atoms with Crippen LogP contribution in [0.3, 0.4) is 0 Å². The van der Waals surface area contributed by atoms with Gasteiger partial charge in [0.2, 0.25) is 0 Å². The maximum Gasteiger partial charge on any atom is 0.392 e. The Kier molecular flexibility index (Phi) is 2.58. The molecule has 0 fully saturated rings. The molecule has 15 heavy (non-hydrogen) atoms. The van der Waals surface area contributed by atoms with Crippen molar-refractivity contribution in [2.75, 3.05) is 0 Å². The fraction of sp³-hybridized carbons (Fsp3) is 0.556. The number of halogens is 4. The monoisotopic (exact) mass is 236 g/mol. The maximum atomic E-state index is 12.5. The summed E-state index contributed by atoms with van der Waals surface area (Å²) < 4.78 is 37.4. The molecule has 1 unspecified atom stereocenters. The summed E-state index contributed by atoms with van der Waals surface area (Å²) in [5, 5.41) is 0.278. The molecule has 1 aromatic rings. The van der Waals surface area contributed by atoms with Crippen molar-refractivity contribution in [3.8, 4) is 0 Å². The molecule has 1 aliphatic carbocycles. The minimum Gasteiger partial charge on any atom is -0.241 e. The van der Waals surface area contributed by atoms with E-state index in [1.807, 2.05) is 0 Å². The predicted molar refractivity (Wildman–Crippen MR) is 48.6 cm³/mol. The maximum absolute atomic E-state index is 12.5. The lowest BCUT2D eigenvalue weighted by Gasteiger charge is -2.25. The Morgan fingerprint density at radius 1 is 1.33 bits per heavy atom. The highest BCUT2D eigenvalue weighted by Crippen LogP contribution is 2.37. The molecule has 1 atom stereocenters. The Bertz CT molecular complexity index is 378. The quantitative estimate of drug-likeness (QED) is 0.648. The number of nitrogens with zero attached hydrogens (tertiary/aromatic N) is 2. The zero-order valence-corrected chi connectivity index (χ0v) is 8.44. The van der Waals surface area contributed by atoms with Gasteiger partial charge in [-0.15, -0.1) is 0 Å². The van der Waals surface area contributed by atoms with Crippen LogP contribution >= 0.6 is 11.6 Å². The Morgan fingerprint density at radius 2 is 2.07 bits per heavy atom. The molecule has 0 amide bonds. The molecular weight excluding hydrogens is 229 g/mol. The predicted octanol–water partition coefficient (Wildman–Crippen LogP) is 2.80. The van der Waals surface area contributed by atoms with Crippen molar-refractivity contribution in [2.24, 2.45) is 5.92 Å². The highest BCUT2D eigenvalue weighted by atomic mass is 35.5. The molecule has 6 heteroatoms. The van der Waals surface area contributed by atoms with Crippen molar-refractivity contribution in [3.63, 3.8) is 0 Å². The second-order valence-electron chi connectivity index (χ2n) is 3.57. The summed E-state index contributed by atoms with van der Waals surface area (Å²) in [5.41, 5.74) is 1.10. The number of aromatic nitrogens is 2. The summed E-state index contributed by atoms with van der Waals surface area (Å²) in [6.07, 6.45) is -2.64. The molecule has 1 aliphatic rings. The third kappa shape index (κ3) is 2.07. The number of fused-ring (bicyclic) bond motifs is 1. The van der Waals surface area contributed by atoms with E-state index in [1.165, 1.54) is 6.33 Å². The van der Waals surface area contributed by atoms with E-state index in [4.69, 9.17) is 11.6 Å². The van der Waals surface area contributed by atoms with Crippen molar-refractivity contribution in [2.45, 2.75) is 25.4 Å². The highest BCUT2D eigenvalue weighted by molar-refractivity contribution is 6.30. The number of hydrogen-bond acceptors (Lipinski definition) is 2. The van der Waals surface area contributed by atoms with Gasteiger partial charge >= 0.3 is 6.18 Å². The average molecular weight is 237 g/mol. The second kappa shape index (κ2) is 3.63. The summed E-state index contributed by atoms with van der Waals surface area (Å²) in [6, 6.07) is 0. The molecule has 2 nitrogen and oxygen atoms in total. The van der Waals surface area contributed by atoms with Crippen LogP contribution in [0.25, 0.3) is 0 Å². The SMILES string of the molecule is FC(F)(F)C1CCc2c(Cl)ncnc2C1. The van der Waals surface area contributed by atoms with Crippen molar-refractivity contribution >= 4 is 11.6 Å². The summed E-state index contributed by atoms with van der Waals surface area (Å²) in [6.45, 7) is 0. The van der Waals surface area contributed by atoms with Gasteiger partial charge in [-0.3, -0.25) is 0 Å². The first kappa shape index (κ1) is 10.7. The minimum absolute atomic E-state index is 0.0730. The zero-order valence-electron chi connectivity index (χ0n) is 7.68. The summed E-state index contributed by atoms with van der Waals surface area (Å²) >= 11 is 5.77. The lowest BCUT2D eigenvalue weighted by Crippen LogP contribution is -2.29. The largest absolute Gasteiger partial charge is 0.392 e. The van der Waals surface area contributed by atoms with E-state index in [-0.39, 0.29) is 18.0 Å². The number of alkyl halides is 3. The van der Waals surface area contributed by atoms with Gasteiger partial charge < -0.3 is 0 Å². The molecule has 0 aliphatic heterocycles. The van der Waals surface area contributed by atoms with E-state index >= 15 is 0 Å². The molecule has 0 saturated heterocycles. The normalized spacial score (nSPS) is 21.2. The Morgan fingerprint density at radius 3 is 2.73 bits per heavy atom. The standard InChI is InChI=1S/C9H8ClF3N2/c10-8-6-2-1-5(9(11,12)13)3-7(6)14-4-15-8/h4-5H,1-3H2. The van der Waals surface area contributed by atoms with Gasteiger partial charge in [0.05, 0.1) is 5.92 Å². The van der Waals surface area contributed by atoms with E-state index in [0.29, 0.717) is 17.7 Å². The molecule has 0 bridgehead atoms. The average Bonchev–Trinajstić information content (AvgIpc) is 2.16. The summed E-state index contributed by atoms with van der Waals surface area (Å²) in [4.78, 5) is 7.60. The number of hydrogen-bond donors (Lipinski definition) is 0. The molecule has 2 rings (SSSR count). The van der Waals surface area contributed by atoms with Crippen LogP contribution in [0.15, 0.2) is 6.33 Å². The first-order valence-electron chi connectivity index (χ1n) is 4.53. The third-order valence-electron chi connectivity index (χ3n) is 2.63. The Balaban J connectivity index is 2.28. The summed E-state index contributed by atoms with van der Waals surface area (Å²) in [5.74, 6) is -1.30.